The Morgan fingerprint density at radius 2 is 2.06 bits per heavy atom. The molecule has 3 rings (SSSR count). The number of benzene rings is 1. The molecule has 2 aliphatic rings. The summed E-state index contributed by atoms with van der Waals surface area (Å²) < 4.78 is 0. The van der Waals surface area contributed by atoms with Crippen LogP contribution in [0.25, 0.3) is 0 Å². The van der Waals surface area contributed by atoms with Crippen LogP contribution in [0.4, 0.5) is 0 Å². The van der Waals surface area contributed by atoms with Gasteiger partial charge in [0.15, 0.2) is 0 Å². The first-order valence-corrected chi connectivity index (χ1v) is 6.32. The first kappa shape index (κ1) is 10.8. The maximum Gasteiger partial charge on any atom is 0.320 e. The Balaban J connectivity index is 1.76. The maximum absolute atomic E-state index is 11.2. The summed E-state index contributed by atoms with van der Waals surface area (Å²) in [7, 11) is 0. The second-order valence-electron chi connectivity index (χ2n) is 5.11. The Hall–Kier alpha value is -1.35. The van der Waals surface area contributed by atoms with Crippen molar-refractivity contribution in [3.63, 3.8) is 0 Å². The fourth-order valence-corrected chi connectivity index (χ4v) is 2.79. The Morgan fingerprint density at radius 1 is 1.29 bits per heavy atom. The van der Waals surface area contributed by atoms with Crippen LogP contribution in [0.15, 0.2) is 24.3 Å². The van der Waals surface area contributed by atoms with Crippen LogP contribution in [0.5, 0.6) is 0 Å². The number of nitrogens with one attached hydrogen (secondary N) is 1. The van der Waals surface area contributed by atoms with Gasteiger partial charge in [-0.25, -0.2) is 0 Å². The quantitative estimate of drug-likeness (QED) is 0.834. The molecule has 0 aliphatic heterocycles. The second kappa shape index (κ2) is 4.15. The van der Waals surface area contributed by atoms with Crippen molar-refractivity contribution in [2.45, 2.75) is 37.8 Å². The van der Waals surface area contributed by atoms with Gasteiger partial charge in [0, 0.05) is 6.04 Å². The van der Waals surface area contributed by atoms with Crippen LogP contribution < -0.4 is 5.32 Å². The summed E-state index contributed by atoms with van der Waals surface area (Å²) in [5.74, 6) is -0.350. The van der Waals surface area contributed by atoms with E-state index in [0.717, 1.165) is 25.7 Å². The largest absolute Gasteiger partial charge is 0.480 e. The van der Waals surface area contributed by atoms with Gasteiger partial charge in [0.05, 0.1) is 0 Å². The van der Waals surface area contributed by atoms with Gasteiger partial charge in [0.2, 0.25) is 0 Å². The molecule has 2 unspecified atom stereocenters. The van der Waals surface area contributed by atoms with Crippen molar-refractivity contribution in [3.8, 4) is 0 Å². The summed E-state index contributed by atoms with van der Waals surface area (Å²) in [6.07, 6.45) is 4.19. The van der Waals surface area contributed by atoms with Crippen molar-refractivity contribution in [1.29, 1.82) is 0 Å². The summed E-state index contributed by atoms with van der Waals surface area (Å²) in [6, 6.07) is 8.22. The molecule has 0 bridgehead atoms. The lowest BCUT2D eigenvalue weighted by Gasteiger charge is -2.20. The smallest absolute Gasteiger partial charge is 0.320 e. The third-order valence-corrected chi connectivity index (χ3v) is 3.87. The number of carbonyl (C=O) groups is 1. The van der Waals surface area contributed by atoms with Crippen molar-refractivity contribution < 1.29 is 9.90 Å². The molecule has 2 atom stereocenters. The molecule has 0 amide bonds. The van der Waals surface area contributed by atoms with Crippen LogP contribution in [-0.2, 0) is 11.2 Å². The van der Waals surface area contributed by atoms with Gasteiger partial charge in [0.1, 0.15) is 6.04 Å². The van der Waals surface area contributed by atoms with Crippen LogP contribution in [0.2, 0.25) is 0 Å². The molecule has 90 valence electrons. The zero-order valence-corrected chi connectivity index (χ0v) is 9.73. The van der Waals surface area contributed by atoms with E-state index in [1.807, 2.05) is 6.07 Å². The van der Waals surface area contributed by atoms with E-state index < -0.39 is 5.97 Å². The van der Waals surface area contributed by atoms with E-state index in [-0.39, 0.29) is 12.1 Å². The topological polar surface area (TPSA) is 49.3 Å². The molecular weight excluding hydrogens is 214 g/mol. The number of fused-ring (bicyclic) bond motifs is 1. The fourth-order valence-electron chi connectivity index (χ4n) is 2.79. The number of rotatable bonds is 4. The molecule has 3 heteroatoms. The van der Waals surface area contributed by atoms with Gasteiger partial charge >= 0.3 is 5.97 Å². The van der Waals surface area contributed by atoms with Gasteiger partial charge in [-0.2, -0.15) is 0 Å². The minimum atomic E-state index is -0.697. The van der Waals surface area contributed by atoms with Gasteiger partial charge in [-0.1, -0.05) is 24.3 Å². The Bertz CT molecular complexity index is 440. The highest BCUT2D eigenvalue weighted by Gasteiger charge is 2.38. The fraction of sp³-hybridized carbons (Fsp3) is 0.500. The average Bonchev–Trinajstić information content (AvgIpc) is 3.07. The van der Waals surface area contributed by atoms with Crippen molar-refractivity contribution in [1.82, 2.24) is 5.32 Å². The Labute approximate surface area is 101 Å². The predicted molar refractivity (Wildman–Crippen MR) is 64.8 cm³/mol. The first-order valence-electron chi connectivity index (χ1n) is 6.32. The highest BCUT2D eigenvalue weighted by atomic mass is 16.4. The molecule has 2 aliphatic carbocycles. The maximum atomic E-state index is 11.2. The van der Waals surface area contributed by atoms with Gasteiger partial charge < -0.3 is 5.11 Å². The van der Waals surface area contributed by atoms with E-state index in [1.54, 1.807) is 0 Å². The molecule has 2 N–H and O–H groups in total. The molecule has 3 nitrogen and oxygen atoms in total. The molecule has 0 saturated heterocycles. The molecule has 1 aromatic rings. The van der Waals surface area contributed by atoms with Crippen LogP contribution in [0.1, 0.15) is 36.4 Å². The molecule has 0 aromatic heterocycles. The van der Waals surface area contributed by atoms with E-state index in [4.69, 9.17) is 0 Å². The van der Waals surface area contributed by atoms with E-state index in [2.05, 4.69) is 23.5 Å². The number of carboxylic acids is 1. The predicted octanol–water partition coefficient (Wildman–Crippen LogP) is 2.13. The first-order chi connectivity index (χ1) is 8.25. The van der Waals surface area contributed by atoms with Crippen LogP contribution >= 0.6 is 0 Å². The second-order valence-corrected chi connectivity index (χ2v) is 5.11. The number of aliphatic carboxylic acids is 1. The number of aryl methyl sites for hydroxylation is 1. The molecule has 0 spiro atoms. The summed E-state index contributed by atoms with van der Waals surface area (Å²) >= 11 is 0. The summed E-state index contributed by atoms with van der Waals surface area (Å²) in [5, 5.41) is 12.6. The minimum absolute atomic E-state index is 0.230. The van der Waals surface area contributed by atoms with Crippen LogP contribution in [-0.4, -0.2) is 17.1 Å². The molecular formula is C14H17NO2. The number of hydrogen-bond acceptors (Lipinski definition) is 2. The lowest BCUT2D eigenvalue weighted by Crippen LogP contribution is -2.40. The van der Waals surface area contributed by atoms with Gasteiger partial charge in [-0.15, -0.1) is 0 Å². The minimum Gasteiger partial charge on any atom is -0.480 e. The van der Waals surface area contributed by atoms with Crippen molar-refractivity contribution in [2.75, 3.05) is 0 Å². The third-order valence-electron chi connectivity index (χ3n) is 3.87. The molecule has 1 aromatic carbocycles. The van der Waals surface area contributed by atoms with Crippen molar-refractivity contribution in [3.05, 3.63) is 35.4 Å². The molecule has 1 fully saturated rings. The van der Waals surface area contributed by atoms with Gasteiger partial charge in [-0.05, 0) is 42.7 Å². The van der Waals surface area contributed by atoms with Gasteiger partial charge in [0.25, 0.3) is 0 Å². The zero-order chi connectivity index (χ0) is 11.8. The molecule has 17 heavy (non-hydrogen) atoms. The summed E-state index contributed by atoms with van der Waals surface area (Å²) in [4.78, 5) is 11.2. The normalized spacial score (nSPS) is 24.4. The number of carboxylic acid groups (broad SMARTS) is 1. The van der Waals surface area contributed by atoms with Crippen LogP contribution in [0, 0.1) is 5.92 Å². The molecule has 1 saturated carbocycles. The summed E-state index contributed by atoms with van der Waals surface area (Å²) in [5.41, 5.74) is 2.66. The average molecular weight is 231 g/mol. The summed E-state index contributed by atoms with van der Waals surface area (Å²) in [6.45, 7) is 0. The highest BCUT2D eigenvalue weighted by Crippen LogP contribution is 2.36. The highest BCUT2D eigenvalue weighted by molar-refractivity contribution is 5.74. The standard InChI is InChI=1S/C14H17NO2/c16-14(17)13(10-5-6-10)15-12-8-7-9-3-1-2-4-11(9)12/h1-4,10,12-13,15H,5-8H2,(H,16,17). The van der Waals surface area contributed by atoms with E-state index >= 15 is 0 Å². The monoisotopic (exact) mass is 231 g/mol. The lowest BCUT2D eigenvalue weighted by atomic mass is 10.1. The van der Waals surface area contributed by atoms with E-state index in [0.29, 0.717) is 5.92 Å². The van der Waals surface area contributed by atoms with Crippen LogP contribution in [0.3, 0.4) is 0 Å². The molecule has 0 heterocycles. The van der Waals surface area contributed by atoms with Crippen molar-refractivity contribution in [2.24, 2.45) is 5.92 Å². The van der Waals surface area contributed by atoms with E-state index in [9.17, 15) is 9.90 Å². The third kappa shape index (κ3) is 2.07. The Kier molecular flexibility index (Phi) is 2.63. The van der Waals surface area contributed by atoms with E-state index in [1.165, 1.54) is 11.1 Å². The molecule has 0 radical (unpaired) electrons. The Morgan fingerprint density at radius 3 is 2.76 bits per heavy atom. The number of hydrogen-bond donors (Lipinski definition) is 2. The zero-order valence-electron chi connectivity index (χ0n) is 9.73. The SMILES string of the molecule is O=C(O)C(NC1CCc2ccccc21)C1CC1. The van der Waals surface area contributed by atoms with Gasteiger partial charge in [-0.3, -0.25) is 10.1 Å². The lowest BCUT2D eigenvalue weighted by molar-refractivity contribution is -0.140. The van der Waals surface area contributed by atoms with Crippen molar-refractivity contribution >= 4 is 5.97 Å².